The molecule has 0 radical (unpaired) electrons. The van der Waals surface area contributed by atoms with E-state index in [2.05, 4.69) is 50.1 Å². The van der Waals surface area contributed by atoms with E-state index < -0.39 is 0 Å². The molecule has 0 atom stereocenters. The third kappa shape index (κ3) is 3.60. The van der Waals surface area contributed by atoms with E-state index in [1.165, 1.54) is 12.8 Å². The van der Waals surface area contributed by atoms with Crippen molar-refractivity contribution in [3.8, 4) is 0 Å². The highest BCUT2D eigenvalue weighted by atomic mass is 15.2. The summed E-state index contributed by atoms with van der Waals surface area (Å²) in [5.41, 5.74) is 1.15. The second kappa shape index (κ2) is 6.39. The molecular weight excluding hydrogens is 250 g/mol. The summed E-state index contributed by atoms with van der Waals surface area (Å²) >= 11 is 0. The summed E-state index contributed by atoms with van der Waals surface area (Å²) in [6.07, 6.45) is 2.46. The Bertz CT molecular complexity index is 454. The number of hydrogen-bond acceptors (Lipinski definition) is 5. The average molecular weight is 277 g/mol. The van der Waals surface area contributed by atoms with Gasteiger partial charge in [0.25, 0.3) is 0 Å². The van der Waals surface area contributed by atoms with Crippen LogP contribution in [0, 0.1) is 6.92 Å². The normalized spacial score (nSPS) is 14.7. The topological polar surface area (TPSA) is 44.3 Å². The van der Waals surface area contributed by atoms with Crippen LogP contribution in [0.3, 0.4) is 0 Å². The molecule has 1 N–H and O–H groups in total. The van der Waals surface area contributed by atoms with Crippen molar-refractivity contribution in [3.63, 3.8) is 0 Å². The zero-order valence-corrected chi connectivity index (χ0v) is 13.4. The first kappa shape index (κ1) is 15.0. The Labute approximate surface area is 122 Å². The Morgan fingerprint density at radius 3 is 2.40 bits per heavy atom. The lowest BCUT2D eigenvalue weighted by Gasteiger charge is -2.24. The minimum absolute atomic E-state index is 0.578. The summed E-state index contributed by atoms with van der Waals surface area (Å²) < 4.78 is 0. The molecule has 0 spiro atoms. The Hall–Kier alpha value is -1.36. The lowest BCUT2D eigenvalue weighted by Crippen LogP contribution is -2.30. The fourth-order valence-electron chi connectivity index (χ4n) is 2.21. The molecule has 1 saturated carbocycles. The van der Waals surface area contributed by atoms with E-state index in [9.17, 15) is 0 Å². The zero-order valence-electron chi connectivity index (χ0n) is 13.4. The quantitative estimate of drug-likeness (QED) is 0.827. The van der Waals surface area contributed by atoms with Gasteiger partial charge in [0.05, 0.1) is 0 Å². The van der Waals surface area contributed by atoms with Gasteiger partial charge in [-0.05, 0) is 40.8 Å². The molecule has 0 aliphatic heterocycles. The smallest absolute Gasteiger partial charge is 0.137 e. The van der Waals surface area contributed by atoms with Crippen molar-refractivity contribution in [3.05, 3.63) is 11.4 Å². The number of anilines is 2. The Kier molecular flexibility index (Phi) is 4.81. The highest BCUT2D eigenvalue weighted by molar-refractivity contribution is 5.58. The first-order chi connectivity index (χ1) is 9.52. The highest BCUT2D eigenvalue weighted by Gasteiger charge is 2.28. The number of rotatable bonds is 7. The SMILES string of the molecule is CCNc1nc(C2CC2)nc(N(C)CCN(C)C)c1C. The van der Waals surface area contributed by atoms with Crippen molar-refractivity contribution < 1.29 is 0 Å². The maximum absolute atomic E-state index is 4.81. The molecule has 1 heterocycles. The van der Waals surface area contributed by atoms with E-state index in [1.54, 1.807) is 0 Å². The van der Waals surface area contributed by atoms with E-state index in [1.807, 2.05) is 0 Å². The molecule has 1 aromatic rings. The Morgan fingerprint density at radius 1 is 1.15 bits per heavy atom. The third-order valence-corrected chi connectivity index (χ3v) is 3.67. The van der Waals surface area contributed by atoms with Crippen molar-refractivity contribution in [2.45, 2.75) is 32.6 Å². The molecule has 0 bridgehead atoms. The summed E-state index contributed by atoms with van der Waals surface area (Å²) in [5, 5.41) is 3.37. The molecule has 1 aliphatic carbocycles. The predicted molar refractivity (Wildman–Crippen MR) is 84.7 cm³/mol. The lowest BCUT2D eigenvalue weighted by molar-refractivity contribution is 0.416. The van der Waals surface area contributed by atoms with Crippen LogP contribution in [0.15, 0.2) is 0 Å². The molecule has 112 valence electrons. The van der Waals surface area contributed by atoms with Gasteiger partial charge in [0.2, 0.25) is 0 Å². The Balaban J connectivity index is 2.24. The maximum atomic E-state index is 4.81. The maximum Gasteiger partial charge on any atom is 0.137 e. The standard InChI is InChI=1S/C15H27N5/c1-6-16-13-11(2)15(20(5)10-9-19(3)4)18-14(17-13)12-7-8-12/h12H,6-10H2,1-5H3,(H,16,17,18). The molecular formula is C15H27N5. The fraction of sp³-hybridized carbons (Fsp3) is 0.733. The molecule has 5 nitrogen and oxygen atoms in total. The van der Waals surface area contributed by atoms with E-state index >= 15 is 0 Å². The van der Waals surface area contributed by atoms with Crippen LogP contribution in [-0.4, -0.2) is 55.6 Å². The van der Waals surface area contributed by atoms with Crippen LogP contribution in [0.25, 0.3) is 0 Å². The van der Waals surface area contributed by atoms with Crippen molar-refractivity contribution in [2.75, 3.05) is 51.0 Å². The van der Waals surface area contributed by atoms with Gasteiger partial charge >= 0.3 is 0 Å². The van der Waals surface area contributed by atoms with Gasteiger partial charge in [-0.25, -0.2) is 9.97 Å². The van der Waals surface area contributed by atoms with Gasteiger partial charge < -0.3 is 15.1 Å². The van der Waals surface area contributed by atoms with Crippen molar-refractivity contribution in [1.82, 2.24) is 14.9 Å². The summed E-state index contributed by atoms with van der Waals surface area (Å²) in [6, 6.07) is 0. The molecule has 0 saturated heterocycles. The van der Waals surface area contributed by atoms with E-state index in [-0.39, 0.29) is 0 Å². The number of hydrogen-bond donors (Lipinski definition) is 1. The van der Waals surface area contributed by atoms with Crippen molar-refractivity contribution in [2.24, 2.45) is 0 Å². The first-order valence-electron chi connectivity index (χ1n) is 7.51. The molecule has 0 amide bonds. The van der Waals surface area contributed by atoms with Crippen LogP contribution in [0.4, 0.5) is 11.6 Å². The van der Waals surface area contributed by atoms with E-state index in [0.717, 1.165) is 42.7 Å². The summed E-state index contributed by atoms with van der Waals surface area (Å²) in [7, 11) is 6.31. The van der Waals surface area contributed by atoms with Gasteiger partial charge in [0, 0.05) is 38.2 Å². The molecule has 1 fully saturated rings. The molecule has 0 aromatic carbocycles. The van der Waals surface area contributed by atoms with Gasteiger partial charge in [-0.1, -0.05) is 0 Å². The van der Waals surface area contributed by atoms with Crippen molar-refractivity contribution >= 4 is 11.6 Å². The van der Waals surface area contributed by atoms with Crippen LogP contribution in [-0.2, 0) is 0 Å². The number of likely N-dealkylation sites (N-methyl/N-ethyl adjacent to an activating group) is 2. The summed E-state index contributed by atoms with van der Waals surface area (Å²) in [5.74, 6) is 3.66. The number of aromatic nitrogens is 2. The van der Waals surface area contributed by atoms with Crippen LogP contribution < -0.4 is 10.2 Å². The minimum atomic E-state index is 0.578. The summed E-state index contributed by atoms with van der Waals surface area (Å²) in [6.45, 7) is 7.10. The van der Waals surface area contributed by atoms with Gasteiger partial charge in [0.1, 0.15) is 17.5 Å². The molecule has 1 aromatic heterocycles. The molecule has 0 unspecified atom stereocenters. The predicted octanol–water partition coefficient (Wildman–Crippen LogP) is 2.09. The fourth-order valence-corrected chi connectivity index (χ4v) is 2.21. The van der Waals surface area contributed by atoms with Gasteiger partial charge in [-0.15, -0.1) is 0 Å². The zero-order chi connectivity index (χ0) is 14.7. The van der Waals surface area contributed by atoms with Gasteiger partial charge in [-0.3, -0.25) is 0 Å². The number of nitrogens with one attached hydrogen (secondary N) is 1. The molecule has 1 aliphatic rings. The Morgan fingerprint density at radius 2 is 1.85 bits per heavy atom. The second-order valence-electron chi connectivity index (χ2n) is 5.91. The minimum Gasteiger partial charge on any atom is -0.370 e. The monoisotopic (exact) mass is 277 g/mol. The van der Waals surface area contributed by atoms with Crippen LogP contribution in [0.5, 0.6) is 0 Å². The van der Waals surface area contributed by atoms with E-state index in [0.29, 0.717) is 5.92 Å². The highest BCUT2D eigenvalue weighted by Crippen LogP contribution is 2.39. The second-order valence-corrected chi connectivity index (χ2v) is 5.91. The van der Waals surface area contributed by atoms with E-state index in [4.69, 9.17) is 9.97 Å². The third-order valence-electron chi connectivity index (χ3n) is 3.67. The van der Waals surface area contributed by atoms with Crippen molar-refractivity contribution in [1.29, 1.82) is 0 Å². The molecule has 2 rings (SSSR count). The molecule has 20 heavy (non-hydrogen) atoms. The number of nitrogens with zero attached hydrogens (tertiary/aromatic N) is 4. The first-order valence-corrected chi connectivity index (χ1v) is 7.51. The van der Waals surface area contributed by atoms with Crippen LogP contribution in [0.2, 0.25) is 0 Å². The van der Waals surface area contributed by atoms with Gasteiger partial charge in [0.15, 0.2) is 0 Å². The lowest BCUT2D eigenvalue weighted by atomic mass is 10.2. The van der Waals surface area contributed by atoms with Crippen LogP contribution >= 0.6 is 0 Å². The van der Waals surface area contributed by atoms with Gasteiger partial charge in [-0.2, -0.15) is 0 Å². The van der Waals surface area contributed by atoms with Crippen LogP contribution in [0.1, 0.15) is 37.1 Å². The molecule has 5 heteroatoms. The largest absolute Gasteiger partial charge is 0.370 e. The average Bonchev–Trinajstić information content (AvgIpc) is 3.23. The summed E-state index contributed by atoms with van der Waals surface area (Å²) in [4.78, 5) is 13.9.